The van der Waals surface area contributed by atoms with E-state index in [0.29, 0.717) is 18.0 Å². The van der Waals surface area contributed by atoms with Gasteiger partial charge in [0.15, 0.2) is 0 Å². The number of likely N-dealkylation sites (N-methyl/N-ethyl adjacent to an activating group) is 1. The van der Waals surface area contributed by atoms with Crippen molar-refractivity contribution in [1.82, 2.24) is 9.80 Å². The van der Waals surface area contributed by atoms with Crippen LogP contribution < -0.4 is 0 Å². The van der Waals surface area contributed by atoms with Crippen molar-refractivity contribution in [3.63, 3.8) is 0 Å². The molecule has 2 aliphatic carbocycles. The first-order valence-electron chi connectivity index (χ1n) is 9.79. The first-order chi connectivity index (χ1) is 11.7. The van der Waals surface area contributed by atoms with E-state index in [2.05, 4.69) is 41.1 Å². The molecule has 130 valence electrons. The van der Waals surface area contributed by atoms with Crippen LogP contribution in [-0.4, -0.2) is 47.9 Å². The number of amides is 1. The van der Waals surface area contributed by atoms with Crippen LogP contribution in [0.1, 0.15) is 56.9 Å². The molecule has 2 saturated carbocycles. The molecule has 0 radical (unpaired) electrons. The van der Waals surface area contributed by atoms with Crippen molar-refractivity contribution in [2.45, 2.75) is 68.9 Å². The number of likely N-dealkylation sites (tertiary alicyclic amines) is 1. The van der Waals surface area contributed by atoms with Gasteiger partial charge in [0.25, 0.3) is 0 Å². The minimum Gasteiger partial charge on any atom is -0.340 e. The maximum absolute atomic E-state index is 13.4. The van der Waals surface area contributed by atoms with E-state index in [0.717, 1.165) is 12.8 Å². The minimum absolute atomic E-state index is 0.219. The molecule has 0 spiro atoms. The van der Waals surface area contributed by atoms with Gasteiger partial charge in [-0.25, -0.2) is 0 Å². The number of hydrogen-bond acceptors (Lipinski definition) is 2. The van der Waals surface area contributed by atoms with Gasteiger partial charge in [0.1, 0.15) is 0 Å². The van der Waals surface area contributed by atoms with Gasteiger partial charge in [0.05, 0.1) is 5.41 Å². The molecule has 1 saturated heterocycles. The average Bonchev–Trinajstić information content (AvgIpc) is 3.28. The summed E-state index contributed by atoms with van der Waals surface area (Å²) in [5.74, 6) is 0.366. The third-order valence-corrected chi connectivity index (χ3v) is 6.61. The molecule has 1 heterocycles. The summed E-state index contributed by atoms with van der Waals surface area (Å²) in [7, 11) is 2.07. The lowest BCUT2D eigenvalue weighted by Crippen LogP contribution is -2.55. The summed E-state index contributed by atoms with van der Waals surface area (Å²) in [5, 5.41) is 0. The number of carbonyl (C=O) groups is 1. The molecule has 3 fully saturated rings. The van der Waals surface area contributed by atoms with Gasteiger partial charge in [-0.15, -0.1) is 0 Å². The molecule has 24 heavy (non-hydrogen) atoms. The first kappa shape index (κ1) is 16.1. The number of hydrogen-bond donors (Lipinski definition) is 0. The molecule has 4 rings (SSSR count). The highest BCUT2D eigenvalue weighted by Gasteiger charge is 2.53. The molecule has 1 aromatic carbocycles. The molecule has 3 aliphatic rings. The van der Waals surface area contributed by atoms with Gasteiger partial charge < -0.3 is 4.90 Å². The second kappa shape index (κ2) is 6.51. The predicted octanol–water partition coefficient (Wildman–Crippen LogP) is 3.58. The van der Waals surface area contributed by atoms with Gasteiger partial charge in [0, 0.05) is 19.1 Å². The van der Waals surface area contributed by atoms with Crippen LogP contribution in [0.5, 0.6) is 0 Å². The van der Waals surface area contributed by atoms with Gasteiger partial charge in [-0.1, -0.05) is 43.2 Å². The van der Waals surface area contributed by atoms with E-state index in [9.17, 15) is 4.79 Å². The normalized spacial score (nSPS) is 29.4. The van der Waals surface area contributed by atoms with E-state index in [4.69, 9.17) is 0 Å². The van der Waals surface area contributed by atoms with Crippen molar-refractivity contribution in [2.24, 2.45) is 0 Å². The second-order valence-electron chi connectivity index (χ2n) is 8.03. The lowest BCUT2D eigenvalue weighted by atomic mass is 9.86. The molecule has 3 nitrogen and oxygen atoms in total. The molecule has 0 N–H and O–H groups in total. The zero-order valence-corrected chi connectivity index (χ0v) is 14.9. The predicted molar refractivity (Wildman–Crippen MR) is 97.0 cm³/mol. The van der Waals surface area contributed by atoms with Crippen LogP contribution in [0, 0.1) is 0 Å². The van der Waals surface area contributed by atoms with E-state index in [1.54, 1.807) is 0 Å². The topological polar surface area (TPSA) is 23.6 Å². The van der Waals surface area contributed by atoms with Crippen LogP contribution in [-0.2, 0) is 10.2 Å². The summed E-state index contributed by atoms with van der Waals surface area (Å²) in [6.45, 7) is 2.46. The Morgan fingerprint density at radius 2 is 1.71 bits per heavy atom. The van der Waals surface area contributed by atoms with Crippen molar-refractivity contribution < 1.29 is 4.79 Å². The molecule has 1 aliphatic heterocycles. The second-order valence-corrected chi connectivity index (χ2v) is 8.03. The lowest BCUT2D eigenvalue weighted by Gasteiger charge is -2.43. The van der Waals surface area contributed by atoms with Gasteiger partial charge in [0.2, 0.25) is 5.91 Å². The summed E-state index contributed by atoms with van der Waals surface area (Å²) < 4.78 is 0. The largest absolute Gasteiger partial charge is 0.340 e. The zero-order chi connectivity index (χ0) is 16.6. The fourth-order valence-corrected chi connectivity index (χ4v) is 5.04. The summed E-state index contributed by atoms with van der Waals surface area (Å²) in [6.07, 6.45) is 9.72. The number of rotatable bonds is 4. The summed E-state index contributed by atoms with van der Waals surface area (Å²) in [4.78, 5) is 18.2. The minimum atomic E-state index is -0.219. The maximum Gasteiger partial charge on any atom is 0.233 e. The molecule has 2 atom stereocenters. The van der Waals surface area contributed by atoms with Crippen LogP contribution in [0.2, 0.25) is 0 Å². The standard InChI is InChI=1S/C21H30N2O/c1-22(18-11-5-6-12-19(18)23-15-7-8-16-23)20(24)21(13-14-21)17-9-3-2-4-10-17/h2-4,9-10,18-19H,5-8,11-16H2,1H3/t18-,19+/m0/s1. The molecule has 0 unspecified atom stereocenters. The zero-order valence-electron chi connectivity index (χ0n) is 14.9. The summed E-state index contributed by atoms with van der Waals surface area (Å²) >= 11 is 0. The molecule has 1 aromatic rings. The third-order valence-electron chi connectivity index (χ3n) is 6.61. The highest BCUT2D eigenvalue weighted by atomic mass is 16.2. The first-order valence-corrected chi connectivity index (χ1v) is 9.79. The highest BCUT2D eigenvalue weighted by molar-refractivity contribution is 5.91. The number of carbonyl (C=O) groups excluding carboxylic acids is 1. The molecule has 3 heteroatoms. The van der Waals surface area contributed by atoms with Gasteiger partial charge in [-0.05, 0) is 57.2 Å². The van der Waals surface area contributed by atoms with Crippen molar-refractivity contribution in [1.29, 1.82) is 0 Å². The highest BCUT2D eigenvalue weighted by Crippen LogP contribution is 2.50. The Balaban J connectivity index is 1.53. The van der Waals surface area contributed by atoms with Crippen molar-refractivity contribution in [3.05, 3.63) is 35.9 Å². The van der Waals surface area contributed by atoms with E-state index >= 15 is 0 Å². The Hall–Kier alpha value is -1.35. The molecule has 0 aromatic heterocycles. The number of benzene rings is 1. The summed E-state index contributed by atoms with van der Waals surface area (Å²) in [5.41, 5.74) is 0.999. The fourth-order valence-electron chi connectivity index (χ4n) is 5.04. The van der Waals surface area contributed by atoms with Crippen molar-refractivity contribution in [2.75, 3.05) is 20.1 Å². The van der Waals surface area contributed by atoms with Crippen LogP contribution in [0.25, 0.3) is 0 Å². The van der Waals surface area contributed by atoms with Crippen LogP contribution in [0.3, 0.4) is 0 Å². The van der Waals surface area contributed by atoms with E-state index in [1.807, 2.05) is 6.07 Å². The Morgan fingerprint density at radius 3 is 2.38 bits per heavy atom. The van der Waals surface area contributed by atoms with Gasteiger partial charge in [-0.2, -0.15) is 0 Å². The van der Waals surface area contributed by atoms with E-state index in [-0.39, 0.29) is 5.41 Å². The number of nitrogens with zero attached hydrogens (tertiary/aromatic N) is 2. The maximum atomic E-state index is 13.4. The SMILES string of the molecule is CN(C(=O)C1(c2ccccc2)CC1)[C@H]1CCCC[C@H]1N1CCCC1. The van der Waals surface area contributed by atoms with Crippen molar-refractivity contribution in [3.8, 4) is 0 Å². The molecule has 1 amide bonds. The quantitative estimate of drug-likeness (QED) is 0.844. The fraction of sp³-hybridized carbons (Fsp3) is 0.667. The smallest absolute Gasteiger partial charge is 0.233 e. The average molecular weight is 326 g/mol. The van der Waals surface area contributed by atoms with Crippen LogP contribution in [0.15, 0.2) is 30.3 Å². The Kier molecular flexibility index (Phi) is 4.38. The van der Waals surface area contributed by atoms with E-state index < -0.39 is 0 Å². The monoisotopic (exact) mass is 326 g/mol. The Labute approximate surface area is 146 Å². The van der Waals surface area contributed by atoms with E-state index in [1.165, 1.54) is 57.2 Å². The Morgan fingerprint density at radius 1 is 1.04 bits per heavy atom. The lowest BCUT2D eigenvalue weighted by molar-refractivity contribution is -0.137. The van der Waals surface area contributed by atoms with Crippen molar-refractivity contribution >= 4 is 5.91 Å². The van der Waals surface area contributed by atoms with Gasteiger partial charge >= 0.3 is 0 Å². The Bertz CT molecular complexity index is 575. The third kappa shape index (κ3) is 2.77. The van der Waals surface area contributed by atoms with Crippen LogP contribution >= 0.6 is 0 Å². The molecular formula is C21H30N2O. The molecular weight excluding hydrogens is 296 g/mol. The van der Waals surface area contributed by atoms with Gasteiger partial charge in [-0.3, -0.25) is 9.69 Å². The van der Waals surface area contributed by atoms with Crippen LogP contribution in [0.4, 0.5) is 0 Å². The molecule has 0 bridgehead atoms. The summed E-state index contributed by atoms with van der Waals surface area (Å²) in [6, 6.07) is 11.4.